The molecule has 0 heterocycles. The van der Waals surface area contributed by atoms with Gasteiger partial charge in [-0.15, -0.1) is 0 Å². The SMILES string of the molecule is [B]c1ccc2cc3ccccc3cc2c1. The summed E-state index contributed by atoms with van der Waals surface area (Å²) in [6.45, 7) is 0. The Hall–Kier alpha value is -1.76. The molecule has 1 heteroatoms. The van der Waals surface area contributed by atoms with Crippen molar-refractivity contribution in [2.45, 2.75) is 0 Å². The van der Waals surface area contributed by atoms with Crippen molar-refractivity contribution < 1.29 is 0 Å². The molecule has 0 nitrogen and oxygen atoms in total. The number of rotatable bonds is 0. The zero-order chi connectivity index (χ0) is 10.3. The van der Waals surface area contributed by atoms with Gasteiger partial charge in [0.25, 0.3) is 0 Å². The molecule has 2 radical (unpaired) electrons. The van der Waals surface area contributed by atoms with Gasteiger partial charge in [-0.1, -0.05) is 47.9 Å². The largest absolute Gasteiger partial charge is 0.113 e. The predicted molar refractivity (Wildman–Crippen MR) is 66.8 cm³/mol. The number of fused-ring (bicyclic) bond motifs is 2. The fourth-order valence-corrected chi connectivity index (χ4v) is 1.96. The first-order chi connectivity index (χ1) is 7.33. The predicted octanol–water partition coefficient (Wildman–Crippen LogP) is 2.79. The van der Waals surface area contributed by atoms with Crippen LogP contribution in [0.15, 0.2) is 54.6 Å². The van der Waals surface area contributed by atoms with Crippen molar-refractivity contribution >= 4 is 34.9 Å². The van der Waals surface area contributed by atoms with Crippen LogP contribution in [0.5, 0.6) is 0 Å². The van der Waals surface area contributed by atoms with Gasteiger partial charge < -0.3 is 0 Å². The van der Waals surface area contributed by atoms with Crippen molar-refractivity contribution in [2.24, 2.45) is 0 Å². The van der Waals surface area contributed by atoms with Gasteiger partial charge in [-0.2, -0.15) is 0 Å². The zero-order valence-corrected chi connectivity index (χ0v) is 8.27. The van der Waals surface area contributed by atoms with E-state index in [9.17, 15) is 0 Å². The molecule has 0 atom stereocenters. The third-order valence-electron chi connectivity index (χ3n) is 2.73. The van der Waals surface area contributed by atoms with Crippen LogP contribution in [-0.2, 0) is 0 Å². The maximum atomic E-state index is 5.77. The van der Waals surface area contributed by atoms with Crippen LogP contribution in [0.2, 0.25) is 0 Å². The highest BCUT2D eigenvalue weighted by Crippen LogP contribution is 2.21. The van der Waals surface area contributed by atoms with Gasteiger partial charge in [-0.05, 0) is 33.7 Å². The summed E-state index contributed by atoms with van der Waals surface area (Å²) in [4.78, 5) is 0. The second-order valence-electron chi connectivity index (χ2n) is 3.81. The Morgan fingerprint density at radius 1 is 0.600 bits per heavy atom. The van der Waals surface area contributed by atoms with Gasteiger partial charge in [0, 0.05) is 0 Å². The van der Waals surface area contributed by atoms with E-state index in [0.717, 1.165) is 5.46 Å². The van der Waals surface area contributed by atoms with Gasteiger partial charge in [0.1, 0.15) is 7.85 Å². The Balaban J connectivity index is 2.47. The molecule has 0 amide bonds. The second kappa shape index (κ2) is 3.13. The molecule has 3 aromatic rings. The van der Waals surface area contributed by atoms with E-state index in [4.69, 9.17) is 7.85 Å². The first kappa shape index (κ1) is 8.54. The van der Waals surface area contributed by atoms with E-state index >= 15 is 0 Å². The standard InChI is InChI=1S/C14H9B/c15-14-6-5-12-7-10-3-1-2-4-11(10)8-13(12)9-14/h1-9H. The fourth-order valence-electron chi connectivity index (χ4n) is 1.96. The molecule has 3 aromatic carbocycles. The van der Waals surface area contributed by atoms with Crippen molar-refractivity contribution in [1.29, 1.82) is 0 Å². The lowest BCUT2D eigenvalue weighted by atomic mass is 9.92. The summed E-state index contributed by atoms with van der Waals surface area (Å²) in [5.74, 6) is 0. The van der Waals surface area contributed by atoms with Gasteiger partial charge >= 0.3 is 0 Å². The molecule has 0 aliphatic carbocycles. The van der Waals surface area contributed by atoms with Crippen LogP contribution in [-0.4, -0.2) is 7.85 Å². The molecular weight excluding hydrogens is 179 g/mol. The van der Waals surface area contributed by atoms with E-state index in [1.807, 2.05) is 12.1 Å². The summed E-state index contributed by atoms with van der Waals surface area (Å²) in [6, 6.07) is 18.8. The minimum atomic E-state index is 0.817. The summed E-state index contributed by atoms with van der Waals surface area (Å²) >= 11 is 0. The van der Waals surface area contributed by atoms with Gasteiger partial charge in [0.2, 0.25) is 0 Å². The molecule has 0 saturated heterocycles. The van der Waals surface area contributed by atoms with Crippen molar-refractivity contribution in [2.75, 3.05) is 0 Å². The molecule has 0 spiro atoms. The third kappa shape index (κ3) is 1.40. The topological polar surface area (TPSA) is 0 Å². The number of hydrogen-bond acceptors (Lipinski definition) is 0. The monoisotopic (exact) mass is 188 g/mol. The Kier molecular flexibility index (Phi) is 1.78. The molecule has 3 rings (SSSR count). The molecule has 0 saturated carbocycles. The average molecular weight is 188 g/mol. The van der Waals surface area contributed by atoms with E-state index in [1.165, 1.54) is 21.5 Å². The minimum absolute atomic E-state index is 0.817. The molecule has 0 aliphatic rings. The molecule has 68 valence electrons. The normalized spacial score (nSPS) is 10.9. The van der Waals surface area contributed by atoms with E-state index in [1.54, 1.807) is 0 Å². The second-order valence-corrected chi connectivity index (χ2v) is 3.81. The first-order valence-corrected chi connectivity index (χ1v) is 5.01. The van der Waals surface area contributed by atoms with Crippen LogP contribution >= 0.6 is 0 Å². The molecule has 0 aromatic heterocycles. The lowest BCUT2D eigenvalue weighted by Gasteiger charge is -2.03. The minimum Gasteiger partial charge on any atom is -0.0960 e. The number of benzene rings is 3. The molecular formula is C14H9B. The van der Waals surface area contributed by atoms with Crippen molar-refractivity contribution in [3.05, 3.63) is 54.6 Å². The maximum Gasteiger partial charge on any atom is 0.113 e. The molecule has 0 fully saturated rings. The van der Waals surface area contributed by atoms with Crippen LogP contribution in [0.3, 0.4) is 0 Å². The Bertz CT molecular complexity index is 641. The lowest BCUT2D eigenvalue weighted by molar-refractivity contribution is 1.79. The fraction of sp³-hybridized carbons (Fsp3) is 0. The van der Waals surface area contributed by atoms with Gasteiger partial charge in [-0.3, -0.25) is 0 Å². The quantitative estimate of drug-likeness (QED) is 0.376. The van der Waals surface area contributed by atoms with Crippen LogP contribution in [0.1, 0.15) is 0 Å². The summed E-state index contributed by atoms with van der Waals surface area (Å²) < 4.78 is 0. The average Bonchev–Trinajstić information content (AvgIpc) is 2.26. The van der Waals surface area contributed by atoms with Gasteiger partial charge in [0.15, 0.2) is 0 Å². The molecule has 0 bridgehead atoms. The summed E-state index contributed by atoms with van der Waals surface area (Å²) in [6.07, 6.45) is 0. The molecule has 15 heavy (non-hydrogen) atoms. The van der Waals surface area contributed by atoms with Crippen molar-refractivity contribution in [1.82, 2.24) is 0 Å². The Morgan fingerprint density at radius 3 is 1.93 bits per heavy atom. The van der Waals surface area contributed by atoms with Crippen molar-refractivity contribution in [3.63, 3.8) is 0 Å². The molecule has 0 aliphatic heterocycles. The lowest BCUT2D eigenvalue weighted by Crippen LogP contribution is -1.99. The number of hydrogen-bond donors (Lipinski definition) is 0. The zero-order valence-electron chi connectivity index (χ0n) is 8.27. The third-order valence-corrected chi connectivity index (χ3v) is 2.73. The van der Waals surface area contributed by atoms with E-state index in [-0.39, 0.29) is 0 Å². The summed E-state index contributed by atoms with van der Waals surface area (Å²) in [5, 5.41) is 4.97. The first-order valence-electron chi connectivity index (χ1n) is 5.01. The highest BCUT2D eigenvalue weighted by Gasteiger charge is 1.96. The van der Waals surface area contributed by atoms with Crippen LogP contribution < -0.4 is 5.46 Å². The van der Waals surface area contributed by atoms with E-state index in [0.29, 0.717) is 0 Å². The smallest absolute Gasteiger partial charge is 0.0960 e. The summed E-state index contributed by atoms with van der Waals surface area (Å²) in [7, 11) is 5.77. The van der Waals surface area contributed by atoms with Crippen LogP contribution in [0.4, 0.5) is 0 Å². The Labute approximate surface area is 89.9 Å². The highest BCUT2D eigenvalue weighted by molar-refractivity contribution is 6.33. The van der Waals surface area contributed by atoms with E-state index in [2.05, 4.69) is 42.5 Å². The van der Waals surface area contributed by atoms with Crippen LogP contribution in [0.25, 0.3) is 21.5 Å². The Morgan fingerprint density at radius 2 is 1.20 bits per heavy atom. The molecule has 0 N–H and O–H groups in total. The van der Waals surface area contributed by atoms with Crippen LogP contribution in [0, 0.1) is 0 Å². The van der Waals surface area contributed by atoms with Gasteiger partial charge in [0.05, 0.1) is 0 Å². The van der Waals surface area contributed by atoms with Gasteiger partial charge in [-0.25, -0.2) is 0 Å². The summed E-state index contributed by atoms with van der Waals surface area (Å²) in [5.41, 5.74) is 0.817. The van der Waals surface area contributed by atoms with E-state index < -0.39 is 0 Å². The maximum absolute atomic E-state index is 5.77. The van der Waals surface area contributed by atoms with Crippen molar-refractivity contribution in [3.8, 4) is 0 Å². The highest BCUT2D eigenvalue weighted by atomic mass is 14.0. The molecule has 0 unspecified atom stereocenters.